The van der Waals surface area contributed by atoms with Gasteiger partial charge in [-0.25, -0.2) is 0 Å². The van der Waals surface area contributed by atoms with E-state index >= 15 is 0 Å². The first-order chi connectivity index (χ1) is 14.1. The summed E-state index contributed by atoms with van der Waals surface area (Å²) in [5.41, 5.74) is 1.43. The van der Waals surface area contributed by atoms with E-state index in [1.807, 2.05) is 36.4 Å². The number of phenols is 2. The molecular weight excluding hydrogens is 366 g/mol. The smallest absolute Gasteiger partial charge is 0.259 e. The number of rotatable bonds is 4. The van der Waals surface area contributed by atoms with Crippen LogP contribution in [0.4, 0.5) is 17.1 Å². The summed E-state index contributed by atoms with van der Waals surface area (Å²) in [7, 11) is 0. The number of phenolic OH excluding ortho intramolecular Hbond substituents is 2. The largest absolute Gasteiger partial charge is 0.508 e. The predicted octanol–water partition coefficient (Wildman–Crippen LogP) is 5.92. The number of nitrogens with one attached hydrogen (secondary N) is 1. The van der Waals surface area contributed by atoms with Gasteiger partial charge in [0, 0.05) is 11.1 Å². The van der Waals surface area contributed by atoms with Crippen LogP contribution in [0.1, 0.15) is 10.4 Å². The average molecular weight is 383 g/mol. The minimum absolute atomic E-state index is 0.104. The van der Waals surface area contributed by atoms with Crippen LogP contribution in [0.2, 0.25) is 0 Å². The van der Waals surface area contributed by atoms with E-state index in [2.05, 4.69) is 15.5 Å². The van der Waals surface area contributed by atoms with E-state index in [4.69, 9.17) is 0 Å². The Morgan fingerprint density at radius 2 is 1.48 bits per heavy atom. The lowest BCUT2D eigenvalue weighted by molar-refractivity contribution is 0.102. The lowest BCUT2D eigenvalue weighted by Gasteiger charge is -2.11. The number of carbonyl (C=O) groups excluding carboxylic acids is 1. The standard InChI is InChI=1S/C23H17N3O3/c27-18-12-10-17(11-13-18)25-26-21-19-9-5-4-6-15(19)14-20(22(21)28)23(29)24-16-7-2-1-3-8-16/h1-14,27-28H,(H,24,29). The Morgan fingerprint density at radius 3 is 2.24 bits per heavy atom. The van der Waals surface area contributed by atoms with E-state index < -0.39 is 5.91 Å². The first-order valence-electron chi connectivity index (χ1n) is 8.94. The molecule has 142 valence electrons. The third-order valence-corrected chi connectivity index (χ3v) is 4.39. The van der Waals surface area contributed by atoms with Crippen LogP contribution in [0.15, 0.2) is 95.2 Å². The van der Waals surface area contributed by atoms with Crippen molar-refractivity contribution in [2.75, 3.05) is 5.32 Å². The Morgan fingerprint density at radius 1 is 0.793 bits per heavy atom. The highest BCUT2D eigenvalue weighted by molar-refractivity contribution is 6.11. The average Bonchev–Trinajstić information content (AvgIpc) is 2.74. The van der Waals surface area contributed by atoms with Crippen molar-refractivity contribution in [2.24, 2.45) is 10.2 Å². The number of para-hydroxylation sites is 1. The zero-order valence-corrected chi connectivity index (χ0v) is 15.3. The summed E-state index contributed by atoms with van der Waals surface area (Å²) < 4.78 is 0. The fourth-order valence-corrected chi connectivity index (χ4v) is 2.94. The van der Waals surface area contributed by atoms with E-state index in [-0.39, 0.29) is 22.7 Å². The Kier molecular flexibility index (Phi) is 4.90. The summed E-state index contributed by atoms with van der Waals surface area (Å²) in [6, 6.07) is 24.1. The number of hydrogen-bond acceptors (Lipinski definition) is 5. The molecule has 0 spiro atoms. The van der Waals surface area contributed by atoms with E-state index in [1.54, 1.807) is 36.4 Å². The molecule has 4 aromatic rings. The maximum atomic E-state index is 12.8. The fourth-order valence-electron chi connectivity index (χ4n) is 2.94. The van der Waals surface area contributed by atoms with Crippen LogP contribution in [0.25, 0.3) is 10.8 Å². The van der Waals surface area contributed by atoms with E-state index in [0.29, 0.717) is 16.8 Å². The van der Waals surface area contributed by atoms with Gasteiger partial charge in [0.15, 0.2) is 5.75 Å². The first kappa shape index (κ1) is 18.2. The van der Waals surface area contributed by atoms with Crippen LogP contribution in [0.3, 0.4) is 0 Å². The van der Waals surface area contributed by atoms with Gasteiger partial charge in [0.2, 0.25) is 0 Å². The normalized spacial score (nSPS) is 11.0. The van der Waals surface area contributed by atoms with Crippen molar-refractivity contribution in [3.63, 3.8) is 0 Å². The van der Waals surface area contributed by atoms with Gasteiger partial charge in [-0.15, -0.1) is 5.11 Å². The molecule has 0 heterocycles. The second kappa shape index (κ2) is 7.82. The summed E-state index contributed by atoms with van der Waals surface area (Å²) in [6.45, 7) is 0. The fraction of sp³-hybridized carbons (Fsp3) is 0. The number of benzene rings is 4. The molecule has 0 saturated heterocycles. The van der Waals surface area contributed by atoms with Gasteiger partial charge in [-0.05, 0) is 47.9 Å². The van der Waals surface area contributed by atoms with Gasteiger partial charge < -0.3 is 15.5 Å². The third kappa shape index (κ3) is 3.91. The number of amides is 1. The number of carbonyl (C=O) groups is 1. The number of nitrogens with zero attached hydrogens (tertiary/aromatic N) is 2. The van der Waals surface area contributed by atoms with Crippen molar-refractivity contribution >= 4 is 33.7 Å². The minimum atomic E-state index is -0.444. The summed E-state index contributed by atoms with van der Waals surface area (Å²) in [4.78, 5) is 12.8. The molecule has 4 aromatic carbocycles. The Labute approximate surface area is 166 Å². The Bertz CT molecular complexity index is 1200. The first-order valence-corrected chi connectivity index (χ1v) is 8.94. The number of azo groups is 1. The third-order valence-electron chi connectivity index (χ3n) is 4.39. The molecule has 6 nitrogen and oxygen atoms in total. The molecule has 3 N–H and O–H groups in total. The van der Waals surface area contributed by atoms with Crippen molar-refractivity contribution in [3.8, 4) is 11.5 Å². The lowest BCUT2D eigenvalue weighted by atomic mass is 10.0. The molecule has 29 heavy (non-hydrogen) atoms. The van der Waals surface area contributed by atoms with Gasteiger partial charge in [-0.2, -0.15) is 5.11 Å². The van der Waals surface area contributed by atoms with Crippen LogP contribution in [-0.4, -0.2) is 16.1 Å². The molecule has 0 atom stereocenters. The molecular formula is C23H17N3O3. The van der Waals surface area contributed by atoms with Gasteiger partial charge in [-0.1, -0.05) is 42.5 Å². The molecule has 4 rings (SSSR count). The van der Waals surface area contributed by atoms with Gasteiger partial charge in [0.25, 0.3) is 5.91 Å². The second-order valence-corrected chi connectivity index (χ2v) is 6.38. The molecule has 6 heteroatoms. The summed E-state index contributed by atoms with van der Waals surface area (Å²) in [5.74, 6) is -0.572. The topological polar surface area (TPSA) is 94.3 Å². The molecule has 0 unspecified atom stereocenters. The highest BCUT2D eigenvalue weighted by atomic mass is 16.3. The SMILES string of the molecule is O=C(Nc1ccccc1)c1cc2ccccc2c(N=Nc2ccc(O)cc2)c1O. The number of aromatic hydroxyl groups is 2. The molecule has 0 saturated carbocycles. The molecule has 0 aromatic heterocycles. The van der Waals surface area contributed by atoms with Gasteiger partial charge >= 0.3 is 0 Å². The summed E-state index contributed by atoms with van der Waals surface area (Å²) >= 11 is 0. The molecule has 1 amide bonds. The van der Waals surface area contributed by atoms with Crippen molar-refractivity contribution in [1.29, 1.82) is 0 Å². The van der Waals surface area contributed by atoms with Crippen LogP contribution in [-0.2, 0) is 0 Å². The molecule has 0 aliphatic carbocycles. The highest BCUT2D eigenvalue weighted by Gasteiger charge is 2.18. The number of fused-ring (bicyclic) bond motifs is 1. The van der Waals surface area contributed by atoms with Crippen LogP contribution < -0.4 is 5.32 Å². The van der Waals surface area contributed by atoms with Crippen molar-refractivity contribution in [3.05, 3.63) is 90.5 Å². The second-order valence-electron chi connectivity index (χ2n) is 6.38. The molecule has 0 aliphatic heterocycles. The molecule has 0 bridgehead atoms. The van der Waals surface area contributed by atoms with Crippen molar-refractivity contribution in [2.45, 2.75) is 0 Å². The number of hydrogen-bond donors (Lipinski definition) is 3. The predicted molar refractivity (Wildman–Crippen MR) is 112 cm³/mol. The molecule has 0 aliphatic rings. The van der Waals surface area contributed by atoms with Crippen LogP contribution >= 0.6 is 0 Å². The monoisotopic (exact) mass is 383 g/mol. The minimum Gasteiger partial charge on any atom is -0.508 e. The Hall–Kier alpha value is -4.19. The highest BCUT2D eigenvalue weighted by Crippen LogP contribution is 2.39. The van der Waals surface area contributed by atoms with Crippen molar-refractivity contribution in [1.82, 2.24) is 0 Å². The van der Waals surface area contributed by atoms with Gasteiger partial charge in [0.1, 0.15) is 11.4 Å². The summed E-state index contributed by atoms with van der Waals surface area (Å²) in [6.07, 6.45) is 0. The van der Waals surface area contributed by atoms with Crippen molar-refractivity contribution < 1.29 is 15.0 Å². The van der Waals surface area contributed by atoms with E-state index in [1.165, 1.54) is 12.1 Å². The Balaban J connectivity index is 1.77. The molecule has 0 fully saturated rings. The zero-order chi connectivity index (χ0) is 20.2. The van der Waals surface area contributed by atoms with Gasteiger partial charge in [0.05, 0.1) is 11.3 Å². The van der Waals surface area contributed by atoms with E-state index in [0.717, 1.165) is 5.39 Å². The lowest BCUT2D eigenvalue weighted by Crippen LogP contribution is -2.12. The summed E-state index contributed by atoms with van der Waals surface area (Å²) in [5, 5.41) is 32.7. The zero-order valence-electron chi connectivity index (χ0n) is 15.3. The van der Waals surface area contributed by atoms with Gasteiger partial charge in [-0.3, -0.25) is 4.79 Å². The van der Waals surface area contributed by atoms with Crippen LogP contribution in [0, 0.1) is 0 Å². The maximum Gasteiger partial charge on any atom is 0.259 e. The molecule has 0 radical (unpaired) electrons. The van der Waals surface area contributed by atoms with Crippen LogP contribution in [0.5, 0.6) is 11.5 Å². The van der Waals surface area contributed by atoms with E-state index in [9.17, 15) is 15.0 Å². The quantitative estimate of drug-likeness (QED) is 0.382. The number of anilines is 1. The maximum absolute atomic E-state index is 12.8.